The van der Waals surface area contributed by atoms with Gasteiger partial charge in [0.1, 0.15) is 5.69 Å². The zero-order valence-electron chi connectivity index (χ0n) is 24.2. The lowest BCUT2D eigenvalue weighted by Crippen LogP contribution is -2.29. The van der Waals surface area contributed by atoms with Crippen molar-refractivity contribution in [3.05, 3.63) is 91.4 Å². The number of hydrogen-bond acceptors (Lipinski definition) is 6. The van der Waals surface area contributed by atoms with Gasteiger partial charge in [0, 0.05) is 35.6 Å². The number of hydrogen-bond donors (Lipinski definition) is 4. The molecule has 0 atom stereocenters. The molecule has 2 aliphatic carbocycles. The molecular weight excluding hydrogens is 617 g/mol. The highest BCUT2D eigenvalue weighted by molar-refractivity contribution is 6.39. The highest BCUT2D eigenvalue weighted by Gasteiger charge is 2.38. The van der Waals surface area contributed by atoms with E-state index in [2.05, 4.69) is 20.7 Å². The summed E-state index contributed by atoms with van der Waals surface area (Å²) in [5.74, 6) is -0.957. The Morgan fingerprint density at radius 2 is 1.56 bits per heavy atom. The van der Waals surface area contributed by atoms with Crippen LogP contribution in [0, 0.1) is 0 Å². The molecular formula is C32H29Cl2N7O4. The number of pyridine rings is 1. The Bertz CT molecular complexity index is 1930. The number of carbonyl (C=O) groups excluding carboxylic acids is 3. The molecule has 13 heteroatoms. The van der Waals surface area contributed by atoms with Gasteiger partial charge in [-0.3, -0.25) is 19.4 Å². The first-order valence-corrected chi connectivity index (χ1v) is 15.2. The molecule has 2 heterocycles. The van der Waals surface area contributed by atoms with Crippen LogP contribution in [0.5, 0.6) is 0 Å². The van der Waals surface area contributed by atoms with E-state index in [4.69, 9.17) is 34.7 Å². The molecule has 4 amide bonds. The molecule has 0 bridgehead atoms. The van der Waals surface area contributed by atoms with Crippen molar-refractivity contribution < 1.29 is 14.4 Å². The van der Waals surface area contributed by atoms with Gasteiger partial charge in [-0.1, -0.05) is 41.4 Å². The molecule has 11 nitrogen and oxygen atoms in total. The summed E-state index contributed by atoms with van der Waals surface area (Å²) >= 11 is 12.3. The van der Waals surface area contributed by atoms with Crippen LogP contribution in [0.1, 0.15) is 76.3 Å². The van der Waals surface area contributed by atoms with Crippen molar-refractivity contribution in [2.24, 2.45) is 11.5 Å². The maximum Gasteiger partial charge on any atom is 0.323 e. The Labute approximate surface area is 267 Å². The summed E-state index contributed by atoms with van der Waals surface area (Å²) in [6.45, 7) is 2.00. The Kier molecular flexibility index (Phi) is 8.07. The summed E-state index contributed by atoms with van der Waals surface area (Å²) in [7, 11) is 0. The van der Waals surface area contributed by atoms with Gasteiger partial charge in [0.2, 0.25) is 11.8 Å². The molecule has 2 saturated carbocycles. The fourth-order valence-electron chi connectivity index (χ4n) is 5.65. The molecule has 6 rings (SSSR count). The number of nitrogens with zero attached hydrogens (tertiary/aromatic N) is 3. The van der Waals surface area contributed by atoms with Gasteiger partial charge < -0.3 is 22.1 Å². The molecule has 230 valence electrons. The summed E-state index contributed by atoms with van der Waals surface area (Å²) in [5.41, 5.74) is 16.1. The number of urea groups is 1. The summed E-state index contributed by atoms with van der Waals surface area (Å²) in [5, 5.41) is 9.90. The second-order valence-electron chi connectivity index (χ2n) is 11.2. The normalized spacial score (nSPS) is 14.2. The lowest BCUT2D eigenvalue weighted by molar-refractivity contribution is 0.0998. The Morgan fingerprint density at radius 1 is 0.911 bits per heavy atom. The fraction of sp³-hybridized carbons (Fsp3) is 0.250. The van der Waals surface area contributed by atoms with Crippen molar-refractivity contribution in [1.29, 1.82) is 0 Å². The minimum atomic E-state index is -0.738. The van der Waals surface area contributed by atoms with Crippen LogP contribution >= 0.6 is 23.2 Å². The van der Waals surface area contributed by atoms with Crippen LogP contribution in [0.3, 0.4) is 0 Å². The second-order valence-corrected chi connectivity index (χ2v) is 12.0. The van der Waals surface area contributed by atoms with E-state index in [1.54, 1.807) is 13.0 Å². The van der Waals surface area contributed by atoms with E-state index in [0.717, 1.165) is 36.8 Å². The number of nitrogens with one attached hydrogen (secondary N) is 2. The molecule has 2 fully saturated rings. The van der Waals surface area contributed by atoms with Crippen LogP contribution in [0.2, 0.25) is 10.0 Å². The van der Waals surface area contributed by atoms with Crippen molar-refractivity contribution in [1.82, 2.24) is 14.8 Å². The van der Waals surface area contributed by atoms with Crippen LogP contribution in [0.15, 0.2) is 53.6 Å². The van der Waals surface area contributed by atoms with E-state index in [1.807, 2.05) is 24.3 Å². The predicted molar refractivity (Wildman–Crippen MR) is 173 cm³/mol. The van der Waals surface area contributed by atoms with E-state index in [0.29, 0.717) is 33.5 Å². The van der Waals surface area contributed by atoms with Crippen molar-refractivity contribution in [3.63, 3.8) is 0 Å². The van der Waals surface area contributed by atoms with Crippen LogP contribution < -0.4 is 27.7 Å². The number of halogens is 2. The first-order valence-electron chi connectivity index (χ1n) is 14.5. The lowest BCUT2D eigenvalue weighted by atomic mass is 9.83. The van der Waals surface area contributed by atoms with Gasteiger partial charge in [0.05, 0.1) is 21.4 Å². The first-order chi connectivity index (χ1) is 21.6. The lowest BCUT2D eigenvalue weighted by Gasteiger charge is -2.20. The minimum Gasteiger partial charge on any atom is -0.366 e. The van der Waals surface area contributed by atoms with Crippen molar-refractivity contribution in [3.8, 4) is 22.4 Å². The van der Waals surface area contributed by atoms with Gasteiger partial charge in [-0.05, 0) is 84.9 Å². The third-order valence-electron chi connectivity index (χ3n) is 7.97. The zero-order valence-corrected chi connectivity index (χ0v) is 25.7. The van der Waals surface area contributed by atoms with Gasteiger partial charge in [-0.2, -0.15) is 5.10 Å². The topological polar surface area (TPSA) is 175 Å². The number of anilines is 2. The summed E-state index contributed by atoms with van der Waals surface area (Å²) in [6.07, 6.45) is 6.21. The standard InChI is InChI=1S/C32H29Cl2N7O4/c1-2-41-31(44)24(38-32(45)39-28-21(33)13-37-14-22(28)34)12-23(40-41)18-5-3-4-17(10-18)19-11-20(29(35)42)26(16-8-9-16)27(30(36)43)25(19)15-6-7-15/h3-5,10-16H,2,6-9H2,1H3,(H2,35,42)(H2,36,43)(H2,37,38,39,45). The predicted octanol–water partition coefficient (Wildman–Crippen LogP) is 5.90. The third-order valence-corrected chi connectivity index (χ3v) is 8.55. The molecule has 0 saturated heterocycles. The van der Waals surface area contributed by atoms with E-state index in [-0.39, 0.29) is 39.8 Å². The van der Waals surface area contributed by atoms with Crippen molar-refractivity contribution >= 4 is 52.4 Å². The number of amides is 4. The first kappa shape index (κ1) is 30.3. The van der Waals surface area contributed by atoms with Gasteiger partial charge in [-0.15, -0.1) is 0 Å². The number of carbonyl (C=O) groups is 3. The summed E-state index contributed by atoms with van der Waals surface area (Å²) < 4.78 is 1.24. The van der Waals surface area contributed by atoms with Gasteiger partial charge >= 0.3 is 6.03 Å². The molecule has 45 heavy (non-hydrogen) atoms. The Morgan fingerprint density at radius 3 is 2.16 bits per heavy atom. The Balaban J connectivity index is 1.42. The van der Waals surface area contributed by atoms with E-state index >= 15 is 0 Å². The summed E-state index contributed by atoms with van der Waals surface area (Å²) in [6, 6.07) is 9.89. The highest BCUT2D eigenvalue weighted by atomic mass is 35.5. The number of nitrogens with two attached hydrogens (primary N) is 2. The van der Waals surface area contributed by atoms with Crippen LogP contribution in [0.25, 0.3) is 22.4 Å². The maximum atomic E-state index is 13.1. The molecule has 0 radical (unpaired) electrons. The molecule has 0 unspecified atom stereocenters. The quantitative estimate of drug-likeness (QED) is 0.176. The zero-order chi connectivity index (χ0) is 32.0. The van der Waals surface area contributed by atoms with Gasteiger partial charge in [-0.25, -0.2) is 9.48 Å². The average molecular weight is 647 g/mol. The minimum absolute atomic E-state index is 0.0226. The van der Waals surface area contributed by atoms with Gasteiger partial charge in [0.25, 0.3) is 5.56 Å². The molecule has 2 aromatic carbocycles. The van der Waals surface area contributed by atoms with Gasteiger partial charge in [0.15, 0.2) is 0 Å². The number of aryl methyl sites for hydroxylation is 1. The van der Waals surface area contributed by atoms with Crippen molar-refractivity contribution in [2.75, 3.05) is 10.6 Å². The number of rotatable bonds is 9. The molecule has 2 aliphatic rings. The maximum absolute atomic E-state index is 13.1. The Hall–Kier alpha value is -4.74. The van der Waals surface area contributed by atoms with E-state index in [9.17, 15) is 19.2 Å². The SMILES string of the molecule is CCn1nc(-c2cccc(-c3cc(C(N)=O)c(C4CC4)c(C(N)=O)c3C3CC3)c2)cc(NC(=O)Nc2c(Cl)cncc2Cl)c1=O. The summed E-state index contributed by atoms with van der Waals surface area (Å²) in [4.78, 5) is 55.4. The molecule has 2 aromatic heterocycles. The average Bonchev–Trinajstić information content (AvgIpc) is 3.93. The monoisotopic (exact) mass is 645 g/mol. The van der Waals surface area contributed by atoms with Crippen LogP contribution in [0.4, 0.5) is 16.2 Å². The molecule has 4 aromatic rings. The highest BCUT2D eigenvalue weighted by Crippen LogP contribution is 2.52. The number of benzene rings is 2. The second kappa shape index (κ2) is 12.0. The third kappa shape index (κ3) is 6.01. The number of primary amides is 2. The number of aromatic nitrogens is 3. The van der Waals surface area contributed by atoms with Crippen molar-refractivity contribution in [2.45, 2.75) is 51.0 Å². The smallest absolute Gasteiger partial charge is 0.323 e. The largest absolute Gasteiger partial charge is 0.366 e. The van der Waals surface area contributed by atoms with E-state index in [1.165, 1.54) is 23.1 Å². The molecule has 0 spiro atoms. The van der Waals surface area contributed by atoms with Crippen LogP contribution in [-0.4, -0.2) is 32.6 Å². The van der Waals surface area contributed by atoms with E-state index < -0.39 is 23.4 Å². The fourth-order valence-corrected chi connectivity index (χ4v) is 6.10. The van der Waals surface area contributed by atoms with Crippen LogP contribution in [-0.2, 0) is 6.54 Å². The molecule has 0 aliphatic heterocycles. The molecule has 6 N–H and O–H groups in total.